The van der Waals surface area contributed by atoms with E-state index in [9.17, 15) is 4.79 Å². The number of hydrogen-bond acceptors (Lipinski definition) is 3. The van der Waals surface area contributed by atoms with Crippen LogP contribution in [0.4, 0.5) is 0 Å². The number of hydrogen-bond donors (Lipinski definition) is 1. The Balaban J connectivity index is 2.19. The van der Waals surface area contributed by atoms with Crippen LogP contribution in [0.2, 0.25) is 0 Å². The third-order valence-electron chi connectivity index (χ3n) is 2.31. The minimum absolute atomic E-state index is 0.170. The van der Waals surface area contributed by atoms with Crippen molar-refractivity contribution in [3.63, 3.8) is 0 Å². The number of ketones is 1. The lowest BCUT2D eigenvalue weighted by Crippen LogP contribution is -2.46. The average Bonchev–Trinajstić information content (AvgIpc) is 2.01. The van der Waals surface area contributed by atoms with Gasteiger partial charge in [0, 0.05) is 37.0 Å². The highest BCUT2D eigenvalue weighted by Crippen LogP contribution is 2.12. The lowest BCUT2D eigenvalue weighted by molar-refractivity contribution is 0.0877. The van der Waals surface area contributed by atoms with Crippen LogP contribution in [-0.4, -0.2) is 23.9 Å². The van der Waals surface area contributed by atoms with Crippen molar-refractivity contribution in [3.05, 3.63) is 29.6 Å². The van der Waals surface area contributed by atoms with E-state index in [-0.39, 0.29) is 11.7 Å². The van der Waals surface area contributed by atoms with Crippen LogP contribution in [0.1, 0.15) is 15.9 Å². The molecule has 1 aliphatic rings. The summed E-state index contributed by atoms with van der Waals surface area (Å²) in [7, 11) is 0. The van der Waals surface area contributed by atoms with Crippen molar-refractivity contribution in [2.24, 2.45) is 5.92 Å². The van der Waals surface area contributed by atoms with E-state index in [0.29, 0.717) is 0 Å². The molecule has 3 nitrogen and oxygen atoms in total. The van der Waals surface area contributed by atoms with Crippen LogP contribution in [0.5, 0.6) is 0 Å². The third kappa shape index (κ3) is 1.60. The molecule has 0 unspecified atom stereocenters. The molecule has 0 atom stereocenters. The van der Waals surface area contributed by atoms with Crippen molar-refractivity contribution in [2.75, 3.05) is 13.1 Å². The maximum atomic E-state index is 11.7. The molecule has 3 heteroatoms. The van der Waals surface area contributed by atoms with Gasteiger partial charge in [-0.3, -0.25) is 9.78 Å². The Kier molecular flexibility index (Phi) is 2.10. The number of aryl methyl sites for hydroxylation is 1. The van der Waals surface area contributed by atoms with E-state index in [1.54, 1.807) is 12.4 Å². The topological polar surface area (TPSA) is 42.0 Å². The Hall–Kier alpha value is -1.22. The molecule has 0 bridgehead atoms. The highest BCUT2D eigenvalue weighted by atomic mass is 16.1. The van der Waals surface area contributed by atoms with Crippen LogP contribution in [0, 0.1) is 12.8 Å². The molecule has 1 fully saturated rings. The second kappa shape index (κ2) is 3.26. The van der Waals surface area contributed by atoms with Gasteiger partial charge in [0.25, 0.3) is 0 Å². The summed E-state index contributed by atoms with van der Waals surface area (Å²) >= 11 is 0. The molecule has 0 spiro atoms. The number of rotatable bonds is 2. The number of pyridine rings is 1. The van der Waals surface area contributed by atoms with E-state index < -0.39 is 0 Å². The van der Waals surface area contributed by atoms with Crippen LogP contribution in [0.25, 0.3) is 0 Å². The van der Waals surface area contributed by atoms with Crippen LogP contribution in [-0.2, 0) is 0 Å². The van der Waals surface area contributed by atoms with Crippen molar-refractivity contribution in [1.82, 2.24) is 10.3 Å². The average molecular weight is 176 g/mol. The minimum atomic E-state index is 0.170. The first-order chi connectivity index (χ1) is 6.27. The second-order valence-corrected chi connectivity index (χ2v) is 3.47. The normalized spacial score (nSPS) is 16.7. The van der Waals surface area contributed by atoms with Gasteiger partial charge in [0.2, 0.25) is 0 Å². The molecule has 0 amide bonds. The van der Waals surface area contributed by atoms with Crippen molar-refractivity contribution in [1.29, 1.82) is 0 Å². The smallest absolute Gasteiger partial charge is 0.170 e. The van der Waals surface area contributed by atoms with E-state index in [1.807, 2.05) is 13.0 Å². The Bertz CT molecular complexity index is 331. The molecule has 1 aliphatic heterocycles. The standard InChI is InChI=1S/C10H12N2O/c1-7-2-8(4-11-3-7)10(13)9-5-12-6-9/h2-4,9,12H,5-6H2,1H3. The molecular formula is C10H12N2O. The van der Waals surface area contributed by atoms with Gasteiger partial charge in [0.15, 0.2) is 5.78 Å². The predicted octanol–water partition coefficient (Wildman–Crippen LogP) is 0.792. The van der Waals surface area contributed by atoms with E-state index in [2.05, 4.69) is 10.3 Å². The van der Waals surface area contributed by atoms with Gasteiger partial charge in [-0.1, -0.05) is 0 Å². The quantitative estimate of drug-likeness (QED) is 0.677. The summed E-state index contributed by atoms with van der Waals surface area (Å²) in [5.74, 6) is 0.388. The summed E-state index contributed by atoms with van der Waals surface area (Å²) in [6.07, 6.45) is 3.41. The van der Waals surface area contributed by atoms with Crippen molar-refractivity contribution < 1.29 is 4.79 Å². The molecule has 13 heavy (non-hydrogen) atoms. The predicted molar refractivity (Wildman–Crippen MR) is 49.7 cm³/mol. The largest absolute Gasteiger partial charge is 0.315 e. The van der Waals surface area contributed by atoms with Crippen molar-refractivity contribution in [2.45, 2.75) is 6.92 Å². The molecule has 2 rings (SSSR count). The highest BCUT2D eigenvalue weighted by Gasteiger charge is 2.25. The van der Waals surface area contributed by atoms with Crippen LogP contribution in [0.15, 0.2) is 18.5 Å². The summed E-state index contributed by atoms with van der Waals surface area (Å²) in [6.45, 7) is 3.57. The zero-order valence-electron chi connectivity index (χ0n) is 7.58. The summed E-state index contributed by atoms with van der Waals surface area (Å²) in [5, 5.41) is 3.09. The first-order valence-corrected chi connectivity index (χ1v) is 4.44. The van der Waals surface area contributed by atoms with Crippen LogP contribution < -0.4 is 5.32 Å². The Morgan fingerprint density at radius 1 is 1.54 bits per heavy atom. The first kappa shape index (κ1) is 8.38. The maximum Gasteiger partial charge on any atom is 0.170 e. The second-order valence-electron chi connectivity index (χ2n) is 3.47. The lowest BCUT2D eigenvalue weighted by Gasteiger charge is -2.25. The molecule has 1 saturated heterocycles. The van der Waals surface area contributed by atoms with E-state index in [1.165, 1.54) is 0 Å². The van der Waals surface area contributed by atoms with Crippen molar-refractivity contribution in [3.8, 4) is 0 Å². The van der Waals surface area contributed by atoms with Gasteiger partial charge in [-0.25, -0.2) is 0 Å². The molecule has 2 heterocycles. The first-order valence-electron chi connectivity index (χ1n) is 4.44. The minimum Gasteiger partial charge on any atom is -0.315 e. The molecule has 1 N–H and O–H groups in total. The van der Waals surface area contributed by atoms with E-state index >= 15 is 0 Å². The summed E-state index contributed by atoms with van der Waals surface area (Å²) in [4.78, 5) is 15.7. The van der Waals surface area contributed by atoms with Gasteiger partial charge < -0.3 is 5.32 Å². The van der Waals surface area contributed by atoms with Gasteiger partial charge >= 0.3 is 0 Å². The fourth-order valence-electron chi connectivity index (χ4n) is 1.40. The van der Waals surface area contributed by atoms with E-state index in [4.69, 9.17) is 0 Å². The Morgan fingerprint density at radius 3 is 2.85 bits per heavy atom. The zero-order chi connectivity index (χ0) is 9.26. The van der Waals surface area contributed by atoms with Gasteiger partial charge in [-0.15, -0.1) is 0 Å². The molecule has 0 saturated carbocycles. The summed E-state index contributed by atoms with van der Waals surface area (Å²) < 4.78 is 0. The lowest BCUT2D eigenvalue weighted by atomic mass is 9.93. The number of nitrogens with zero attached hydrogens (tertiary/aromatic N) is 1. The molecule has 0 aromatic carbocycles. The van der Waals surface area contributed by atoms with Gasteiger partial charge in [-0.2, -0.15) is 0 Å². The summed E-state index contributed by atoms with van der Waals surface area (Å²) in [6, 6.07) is 1.90. The molecule has 0 radical (unpaired) electrons. The fourth-order valence-corrected chi connectivity index (χ4v) is 1.40. The van der Waals surface area contributed by atoms with Crippen LogP contribution in [0.3, 0.4) is 0 Å². The SMILES string of the molecule is Cc1cncc(C(=O)C2CNC2)c1. The Morgan fingerprint density at radius 2 is 2.31 bits per heavy atom. The highest BCUT2D eigenvalue weighted by molar-refractivity contribution is 5.98. The monoisotopic (exact) mass is 176 g/mol. The molecule has 1 aromatic heterocycles. The molecule has 68 valence electrons. The number of nitrogens with one attached hydrogen (secondary N) is 1. The molecule has 1 aromatic rings. The maximum absolute atomic E-state index is 11.7. The number of aromatic nitrogens is 1. The molecule has 0 aliphatic carbocycles. The summed E-state index contributed by atoms with van der Waals surface area (Å²) in [5.41, 5.74) is 1.78. The number of carbonyl (C=O) groups excluding carboxylic acids is 1. The van der Waals surface area contributed by atoms with Crippen LogP contribution >= 0.6 is 0 Å². The molecular weight excluding hydrogens is 164 g/mol. The van der Waals surface area contributed by atoms with Gasteiger partial charge in [0.05, 0.1) is 0 Å². The van der Waals surface area contributed by atoms with Gasteiger partial charge in [-0.05, 0) is 18.6 Å². The Labute approximate surface area is 77.2 Å². The fraction of sp³-hybridized carbons (Fsp3) is 0.400. The van der Waals surface area contributed by atoms with Gasteiger partial charge in [0.1, 0.15) is 0 Å². The van der Waals surface area contributed by atoms with Crippen molar-refractivity contribution >= 4 is 5.78 Å². The third-order valence-corrected chi connectivity index (χ3v) is 2.31. The van der Waals surface area contributed by atoms with E-state index in [0.717, 1.165) is 24.2 Å². The number of carbonyl (C=O) groups is 1. The zero-order valence-corrected chi connectivity index (χ0v) is 7.58. The number of Topliss-reactive ketones (excluding diaryl/α,β-unsaturated/α-hetero) is 1.